The molecule has 0 aliphatic rings. The van der Waals surface area contributed by atoms with Gasteiger partial charge in [0.25, 0.3) is 0 Å². The Morgan fingerprint density at radius 2 is 2.06 bits per heavy atom. The fraction of sp³-hybridized carbons (Fsp3) is 0.455. The van der Waals surface area contributed by atoms with Crippen molar-refractivity contribution >= 4 is 15.7 Å². The van der Waals surface area contributed by atoms with Gasteiger partial charge in [0.1, 0.15) is 0 Å². The average Bonchev–Trinajstić information content (AvgIpc) is 2.23. The van der Waals surface area contributed by atoms with Crippen LogP contribution in [0.4, 0.5) is 5.69 Å². The lowest BCUT2D eigenvalue weighted by atomic mass is 10.2. The Kier molecular flexibility index (Phi) is 5.40. The van der Waals surface area contributed by atoms with Gasteiger partial charge in [0.05, 0.1) is 26.1 Å². The number of methoxy groups -OCH3 is 1. The van der Waals surface area contributed by atoms with E-state index in [0.717, 1.165) is 11.8 Å². The zero-order valence-corrected chi connectivity index (χ0v) is 10.8. The van der Waals surface area contributed by atoms with Crippen molar-refractivity contribution in [3.63, 3.8) is 0 Å². The van der Waals surface area contributed by atoms with Gasteiger partial charge >= 0.3 is 0 Å². The first-order chi connectivity index (χ1) is 8.01. The maximum absolute atomic E-state index is 11.1. The molecular formula is C11H17NO4S. The molecular weight excluding hydrogens is 242 g/mol. The summed E-state index contributed by atoms with van der Waals surface area (Å²) in [5, 5.41) is 0. The van der Waals surface area contributed by atoms with Crippen LogP contribution in [-0.2, 0) is 26.1 Å². The monoisotopic (exact) mass is 259 g/mol. The Bertz CT molecular complexity index is 445. The van der Waals surface area contributed by atoms with E-state index >= 15 is 0 Å². The molecule has 0 heterocycles. The molecule has 0 fully saturated rings. The average molecular weight is 259 g/mol. The number of anilines is 1. The van der Waals surface area contributed by atoms with Crippen molar-refractivity contribution in [1.29, 1.82) is 0 Å². The van der Waals surface area contributed by atoms with Crippen molar-refractivity contribution in [2.24, 2.45) is 0 Å². The van der Waals surface area contributed by atoms with E-state index in [1.165, 1.54) is 0 Å². The summed E-state index contributed by atoms with van der Waals surface area (Å²) in [6, 6.07) is 7.09. The van der Waals surface area contributed by atoms with Crippen molar-refractivity contribution in [2.75, 3.05) is 31.3 Å². The molecule has 0 saturated heterocycles. The van der Waals surface area contributed by atoms with Gasteiger partial charge in [-0.25, -0.2) is 8.42 Å². The largest absolute Gasteiger partial charge is 0.382 e. The van der Waals surface area contributed by atoms with Crippen molar-refractivity contribution in [1.82, 2.24) is 0 Å². The summed E-state index contributed by atoms with van der Waals surface area (Å²) in [5.41, 5.74) is 1.45. The first kappa shape index (κ1) is 14.0. The maximum Gasteiger partial charge on any atom is 0.229 e. The van der Waals surface area contributed by atoms with E-state index < -0.39 is 10.0 Å². The molecule has 1 aromatic rings. The minimum atomic E-state index is -3.23. The molecule has 0 aliphatic heterocycles. The van der Waals surface area contributed by atoms with Crippen LogP contribution in [0.3, 0.4) is 0 Å². The number of hydrogen-bond acceptors (Lipinski definition) is 4. The van der Waals surface area contributed by atoms with Gasteiger partial charge in [-0.05, 0) is 17.7 Å². The number of nitrogens with one attached hydrogen (secondary N) is 1. The van der Waals surface area contributed by atoms with Crippen molar-refractivity contribution in [3.8, 4) is 0 Å². The molecule has 0 saturated carbocycles. The molecule has 0 amide bonds. The molecule has 0 aromatic heterocycles. The summed E-state index contributed by atoms with van der Waals surface area (Å²) >= 11 is 0. The normalized spacial score (nSPS) is 11.4. The fourth-order valence-electron chi connectivity index (χ4n) is 1.27. The van der Waals surface area contributed by atoms with Gasteiger partial charge in [0.2, 0.25) is 10.0 Å². The highest BCUT2D eigenvalue weighted by molar-refractivity contribution is 7.92. The van der Waals surface area contributed by atoms with Crippen molar-refractivity contribution < 1.29 is 17.9 Å². The third kappa shape index (κ3) is 6.25. The second-order valence-electron chi connectivity index (χ2n) is 3.62. The Labute approximate surface area is 102 Å². The number of benzene rings is 1. The van der Waals surface area contributed by atoms with Gasteiger partial charge < -0.3 is 9.47 Å². The molecule has 1 N–H and O–H groups in total. The second-order valence-corrected chi connectivity index (χ2v) is 5.37. The maximum atomic E-state index is 11.1. The zero-order valence-electron chi connectivity index (χ0n) is 9.97. The molecule has 1 rings (SSSR count). The van der Waals surface area contributed by atoms with Gasteiger partial charge in [-0.15, -0.1) is 0 Å². The van der Waals surface area contributed by atoms with E-state index in [4.69, 9.17) is 9.47 Å². The highest BCUT2D eigenvalue weighted by atomic mass is 32.2. The van der Waals surface area contributed by atoms with Gasteiger partial charge in [0, 0.05) is 12.8 Å². The van der Waals surface area contributed by atoms with E-state index in [9.17, 15) is 8.42 Å². The lowest BCUT2D eigenvalue weighted by Crippen LogP contribution is -2.09. The van der Waals surface area contributed by atoms with E-state index in [1.807, 2.05) is 6.07 Å². The molecule has 0 aliphatic carbocycles. The van der Waals surface area contributed by atoms with Gasteiger partial charge in [-0.1, -0.05) is 12.1 Å². The summed E-state index contributed by atoms with van der Waals surface area (Å²) in [6.07, 6.45) is 1.12. The predicted octanol–water partition coefficient (Wildman–Crippen LogP) is 1.22. The van der Waals surface area contributed by atoms with E-state index in [-0.39, 0.29) is 0 Å². The Hall–Kier alpha value is -1.11. The molecule has 17 heavy (non-hydrogen) atoms. The zero-order chi connectivity index (χ0) is 12.7. The van der Waals surface area contributed by atoms with Crippen molar-refractivity contribution in [3.05, 3.63) is 29.8 Å². The van der Waals surface area contributed by atoms with Crippen LogP contribution >= 0.6 is 0 Å². The van der Waals surface area contributed by atoms with E-state index in [2.05, 4.69) is 4.72 Å². The first-order valence-corrected chi connectivity index (χ1v) is 7.04. The highest BCUT2D eigenvalue weighted by Gasteiger charge is 2.02. The Balaban J connectivity index is 2.54. The summed E-state index contributed by atoms with van der Waals surface area (Å²) in [5.74, 6) is 0. The second kappa shape index (κ2) is 6.58. The van der Waals surface area contributed by atoms with Crippen LogP contribution in [0.1, 0.15) is 5.56 Å². The van der Waals surface area contributed by atoms with Crippen LogP contribution in [-0.4, -0.2) is 35.0 Å². The van der Waals surface area contributed by atoms with E-state index in [1.54, 1.807) is 25.3 Å². The van der Waals surface area contributed by atoms with Crippen LogP contribution < -0.4 is 4.72 Å². The van der Waals surface area contributed by atoms with Crippen LogP contribution in [0.5, 0.6) is 0 Å². The summed E-state index contributed by atoms with van der Waals surface area (Å²) in [7, 11) is -1.62. The lowest BCUT2D eigenvalue weighted by molar-refractivity contribution is 0.0617. The standard InChI is InChI=1S/C11H17NO4S/c1-15-6-7-16-9-10-4-3-5-11(8-10)12-17(2,13)14/h3-5,8,12H,6-7,9H2,1-2H3. The van der Waals surface area contributed by atoms with Gasteiger partial charge in [0.15, 0.2) is 0 Å². The minimum Gasteiger partial charge on any atom is -0.382 e. The summed E-state index contributed by atoms with van der Waals surface area (Å²) < 4.78 is 34.7. The molecule has 0 unspecified atom stereocenters. The van der Waals surface area contributed by atoms with Gasteiger partial charge in [-0.2, -0.15) is 0 Å². The van der Waals surface area contributed by atoms with Crippen molar-refractivity contribution in [2.45, 2.75) is 6.61 Å². The first-order valence-electron chi connectivity index (χ1n) is 5.14. The number of hydrogen-bond donors (Lipinski definition) is 1. The number of sulfonamides is 1. The van der Waals surface area contributed by atoms with Crippen LogP contribution in [0, 0.1) is 0 Å². The smallest absolute Gasteiger partial charge is 0.229 e. The minimum absolute atomic E-state index is 0.433. The predicted molar refractivity (Wildman–Crippen MR) is 66.4 cm³/mol. The Morgan fingerprint density at radius 3 is 2.71 bits per heavy atom. The molecule has 0 spiro atoms. The van der Waals surface area contributed by atoms with Crippen LogP contribution in [0.2, 0.25) is 0 Å². The van der Waals surface area contributed by atoms with Crippen LogP contribution in [0.15, 0.2) is 24.3 Å². The molecule has 6 heteroatoms. The van der Waals surface area contributed by atoms with E-state index in [0.29, 0.717) is 25.5 Å². The quantitative estimate of drug-likeness (QED) is 0.748. The topological polar surface area (TPSA) is 64.6 Å². The SMILES string of the molecule is COCCOCc1cccc(NS(C)(=O)=O)c1. The fourth-order valence-corrected chi connectivity index (χ4v) is 1.83. The molecule has 96 valence electrons. The summed E-state index contributed by atoms with van der Waals surface area (Å²) in [4.78, 5) is 0. The number of rotatable bonds is 7. The van der Waals surface area contributed by atoms with Crippen LogP contribution in [0.25, 0.3) is 0 Å². The lowest BCUT2D eigenvalue weighted by Gasteiger charge is -2.07. The highest BCUT2D eigenvalue weighted by Crippen LogP contribution is 2.12. The molecule has 0 radical (unpaired) electrons. The number of ether oxygens (including phenoxy) is 2. The summed E-state index contributed by atoms with van der Waals surface area (Å²) in [6.45, 7) is 1.49. The van der Waals surface area contributed by atoms with Gasteiger partial charge in [-0.3, -0.25) is 4.72 Å². The molecule has 5 nitrogen and oxygen atoms in total. The molecule has 0 bridgehead atoms. The third-order valence-electron chi connectivity index (χ3n) is 1.93. The Morgan fingerprint density at radius 1 is 1.29 bits per heavy atom. The molecule has 0 atom stereocenters. The molecule has 1 aromatic carbocycles. The third-order valence-corrected chi connectivity index (χ3v) is 2.54.